The van der Waals surface area contributed by atoms with Crippen molar-refractivity contribution in [3.05, 3.63) is 69.3 Å². The molecular weight excluding hydrogens is 440 g/mol. The van der Waals surface area contributed by atoms with Gasteiger partial charge in [-0.05, 0) is 30.7 Å². The van der Waals surface area contributed by atoms with Gasteiger partial charge in [-0.3, -0.25) is 9.69 Å². The summed E-state index contributed by atoms with van der Waals surface area (Å²) in [6.07, 6.45) is 4.03. The summed E-state index contributed by atoms with van der Waals surface area (Å²) in [4.78, 5) is 18.9. The van der Waals surface area contributed by atoms with E-state index >= 15 is 0 Å². The summed E-state index contributed by atoms with van der Waals surface area (Å²) >= 11 is 3.52. The van der Waals surface area contributed by atoms with Crippen molar-refractivity contribution in [2.75, 3.05) is 39.3 Å². The summed E-state index contributed by atoms with van der Waals surface area (Å²) in [5, 5.41) is 7.40. The molecule has 4 rings (SSSR count). The van der Waals surface area contributed by atoms with Gasteiger partial charge in [-0.1, -0.05) is 57.9 Å². The number of carbonyl (C=O) groups is 1. The number of H-pyrrole nitrogens is 1. The standard InChI is InChI=1S/C24H27BrN4O/c1-17-2-4-18(5-3-17)6-9-21-23(20-8-7-19(25)16-22(20)28-21)24(30)27-12-15-29-13-10-26-11-14-29/h2-9,16,26,28H,10-15H2,1H3,(H,27,30)/b9-6+. The number of benzene rings is 2. The van der Waals surface area contributed by atoms with Gasteiger partial charge in [0.25, 0.3) is 5.91 Å². The molecule has 1 amide bonds. The predicted molar refractivity (Wildman–Crippen MR) is 128 cm³/mol. The van der Waals surface area contributed by atoms with Crippen molar-refractivity contribution in [3.63, 3.8) is 0 Å². The van der Waals surface area contributed by atoms with E-state index in [1.165, 1.54) is 5.56 Å². The van der Waals surface area contributed by atoms with E-state index in [1.807, 2.05) is 30.4 Å². The van der Waals surface area contributed by atoms with Crippen LogP contribution in [0.25, 0.3) is 23.1 Å². The van der Waals surface area contributed by atoms with Gasteiger partial charge < -0.3 is 15.6 Å². The number of rotatable bonds is 6. The highest BCUT2D eigenvalue weighted by molar-refractivity contribution is 9.10. The Balaban J connectivity index is 1.55. The average molecular weight is 467 g/mol. The molecule has 3 aromatic rings. The van der Waals surface area contributed by atoms with Gasteiger partial charge in [-0.2, -0.15) is 0 Å². The van der Waals surface area contributed by atoms with E-state index in [0.717, 1.165) is 59.4 Å². The largest absolute Gasteiger partial charge is 0.354 e. The van der Waals surface area contributed by atoms with Gasteiger partial charge in [-0.25, -0.2) is 0 Å². The van der Waals surface area contributed by atoms with Crippen LogP contribution in [0.2, 0.25) is 0 Å². The number of halogens is 1. The molecule has 0 saturated carbocycles. The smallest absolute Gasteiger partial charge is 0.254 e. The molecule has 1 saturated heterocycles. The minimum Gasteiger partial charge on any atom is -0.354 e. The van der Waals surface area contributed by atoms with Gasteiger partial charge >= 0.3 is 0 Å². The Kier molecular flexibility index (Phi) is 6.67. The molecular formula is C24H27BrN4O. The van der Waals surface area contributed by atoms with Gasteiger partial charge in [0, 0.05) is 54.6 Å². The molecule has 3 N–H and O–H groups in total. The lowest BCUT2D eigenvalue weighted by atomic mass is 10.1. The fraction of sp³-hybridized carbons (Fsp3) is 0.292. The van der Waals surface area contributed by atoms with Crippen molar-refractivity contribution in [2.24, 2.45) is 0 Å². The molecule has 0 atom stereocenters. The zero-order valence-electron chi connectivity index (χ0n) is 17.2. The highest BCUT2D eigenvalue weighted by atomic mass is 79.9. The number of nitrogens with one attached hydrogen (secondary N) is 3. The maximum atomic E-state index is 13.1. The number of aromatic amines is 1. The number of fused-ring (bicyclic) bond motifs is 1. The van der Waals surface area contributed by atoms with Crippen LogP contribution in [-0.2, 0) is 0 Å². The molecule has 0 radical (unpaired) electrons. The van der Waals surface area contributed by atoms with E-state index in [0.29, 0.717) is 12.1 Å². The minimum atomic E-state index is -0.0396. The molecule has 1 aliphatic rings. The van der Waals surface area contributed by atoms with Crippen LogP contribution < -0.4 is 10.6 Å². The average Bonchev–Trinajstić information content (AvgIpc) is 3.11. The van der Waals surface area contributed by atoms with Crippen molar-refractivity contribution in [1.29, 1.82) is 0 Å². The Labute approximate surface area is 185 Å². The highest BCUT2D eigenvalue weighted by Gasteiger charge is 2.18. The Morgan fingerprint density at radius 3 is 2.67 bits per heavy atom. The molecule has 6 heteroatoms. The molecule has 0 bridgehead atoms. The SMILES string of the molecule is Cc1ccc(/C=C/c2[nH]c3cc(Br)ccc3c2C(=O)NCCN2CCNCC2)cc1. The lowest BCUT2D eigenvalue weighted by Gasteiger charge is -2.27. The molecule has 1 aliphatic heterocycles. The van der Waals surface area contributed by atoms with E-state index in [1.54, 1.807) is 0 Å². The first-order chi connectivity index (χ1) is 14.6. The summed E-state index contributed by atoms with van der Waals surface area (Å²) in [6.45, 7) is 7.67. The summed E-state index contributed by atoms with van der Waals surface area (Å²) in [5.41, 5.74) is 4.79. The normalized spacial score (nSPS) is 15.1. The molecule has 156 valence electrons. The molecule has 0 aliphatic carbocycles. The topological polar surface area (TPSA) is 60.2 Å². The number of nitrogens with zero attached hydrogens (tertiary/aromatic N) is 1. The summed E-state index contributed by atoms with van der Waals surface area (Å²) < 4.78 is 0.982. The predicted octanol–water partition coefficient (Wildman–Crippen LogP) is 4.04. The molecule has 1 aromatic heterocycles. The van der Waals surface area contributed by atoms with Gasteiger partial charge in [0.15, 0.2) is 0 Å². The maximum Gasteiger partial charge on any atom is 0.254 e. The Hall–Kier alpha value is -2.41. The first-order valence-electron chi connectivity index (χ1n) is 10.4. The van der Waals surface area contributed by atoms with Crippen LogP contribution >= 0.6 is 15.9 Å². The van der Waals surface area contributed by atoms with E-state index < -0.39 is 0 Å². The second-order valence-electron chi connectivity index (χ2n) is 7.70. The first-order valence-corrected chi connectivity index (χ1v) is 11.2. The number of hydrogen-bond donors (Lipinski definition) is 3. The third-order valence-corrected chi connectivity index (χ3v) is 5.95. The number of hydrogen-bond acceptors (Lipinski definition) is 3. The number of aryl methyl sites for hydroxylation is 1. The molecule has 0 unspecified atom stereocenters. The van der Waals surface area contributed by atoms with E-state index in [2.05, 4.69) is 67.6 Å². The minimum absolute atomic E-state index is 0.0396. The lowest BCUT2D eigenvalue weighted by molar-refractivity contribution is 0.0949. The van der Waals surface area contributed by atoms with Crippen LogP contribution in [0, 0.1) is 6.92 Å². The van der Waals surface area contributed by atoms with Crippen LogP contribution in [-0.4, -0.2) is 55.1 Å². The molecule has 1 fully saturated rings. The van der Waals surface area contributed by atoms with E-state index in [-0.39, 0.29) is 5.91 Å². The third-order valence-electron chi connectivity index (χ3n) is 5.46. The number of carbonyl (C=O) groups excluding carboxylic acids is 1. The van der Waals surface area contributed by atoms with Crippen LogP contribution in [0.3, 0.4) is 0 Å². The molecule has 2 heterocycles. The van der Waals surface area contributed by atoms with Crippen LogP contribution in [0.15, 0.2) is 46.9 Å². The van der Waals surface area contributed by atoms with Crippen molar-refractivity contribution < 1.29 is 4.79 Å². The number of aromatic nitrogens is 1. The zero-order chi connectivity index (χ0) is 20.9. The second-order valence-corrected chi connectivity index (χ2v) is 8.61. The van der Waals surface area contributed by atoms with Gasteiger partial charge in [0.05, 0.1) is 11.3 Å². The lowest BCUT2D eigenvalue weighted by Crippen LogP contribution is -2.46. The summed E-state index contributed by atoms with van der Waals surface area (Å²) in [5.74, 6) is -0.0396. The fourth-order valence-electron chi connectivity index (χ4n) is 3.77. The molecule has 2 aromatic carbocycles. The highest BCUT2D eigenvalue weighted by Crippen LogP contribution is 2.27. The van der Waals surface area contributed by atoms with Crippen LogP contribution in [0.1, 0.15) is 27.2 Å². The summed E-state index contributed by atoms with van der Waals surface area (Å²) in [6, 6.07) is 14.3. The Morgan fingerprint density at radius 2 is 1.90 bits per heavy atom. The monoisotopic (exact) mass is 466 g/mol. The van der Waals surface area contributed by atoms with Crippen molar-refractivity contribution >= 4 is 44.9 Å². The van der Waals surface area contributed by atoms with E-state index in [4.69, 9.17) is 0 Å². The Bertz CT molecular complexity index is 1050. The molecule has 0 spiro atoms. The maximum absolute atomic E-state index is 13.1. The quantitative estimate of drug-likeness (QED) is 0.513. The first kappa shape index (κ1) is 20.8. The second kappa shape index (κ2) is 9.60. The zero-order valence-corrected chi connectivity index (χ0v) is 18.8. The van der Waals surface area contributed by atoms with Gasteiger partial charge in [0.2, 0.25) is 0 Å². The fourth-order valence-corrected chi connectivity index (χ4v) is 4.13. The van der Waals surface area contributed by atoms with Crippen LogP contribution in [0.5, 0.6) is 0 Å². The Morgan fingerprint density at radius 1 is 1.13 bits per heavy atom. The van der Waals surface area contributed by atoms with Gasteiger partial charge in [-0.15, -0.1) is 0 Å². The van der Waals surface area contributed by atoms with Crippen LogP contribution in [0.4, 0.5) is 0 Å². The molecule has 30 heavy (non-hydrogen) atoms. The van der Waals surface area contributed by atoms with E-state index in [9.17, 15) is 4.79 Å². The number of amides is 1. The van der Waals surface area contributed by atoms with Crippen molar-refractivity contribution in [2.45, 2.75) is 6.92 Å². The van der Waals surface area contributed by atoms with Gasteiger partial charge in [0.1, 0.15) is 0 Å². The third kappa shape index (κ3) is 5.01. The molecule has 5 nitrogen and oxygen atoms in total. The van der Waals surface area contributed by atoms with Crippen molar-refractivity contribution in [1.82, 2.24) is 20.5 Å². The summed E-state index contributed by atoms with van der Waals surface area (Å²) in [7, 11) is 0. The number of piperazine rings is 1. The van der Waals surface area contributed by atoms with Crippen molar-refractivity contribution in [3.8, 4) is 0 Å².